The number of hydrogen-bond acceptors (Lipinski definition) is 10. The first-order valence-electron chi connectivity index (χ1n) is 12.4. The van der Waals surface area contributed by atoms with Crippen LogP contribution in [0.15, 0.2) is 36.5 Å². The Balaban J connectivity index is 0.000000366. The lowest BCUT2D eigenvalue weighted by Crippen LogP contribution is -2.42. The number of benzene rings is 1. The Labute approximate surface area is 231 Å². The van der Waals surface area contributed by atoms with Gasteiger partial charge in [0.15, 0.2) is 17.1 Å². The summed E-state index contributed by atoms with van der Waals surface area (Å²) in [4.78, 5) is 37.3. The number of hydrogen-bond donors (Lipinski definition) is 4. The topological polar surface area (TPSA) is 185 Å². The molecule has 1 aromatic heterocycles. The van der Waals surface area contributed by atoms with E-state index in [0.717, 1.165) is 43.8 Å². The molecule has 0 bridgehead atoms. The number of aliphatic hydroxyl groups is 1. The standard InChI is InChI=1S/C21H28N2O4.C6H8O7/c1-24-19-10-9-16(20(25-2)21(19)26-3)13-23(15-18-8-6-12-27-18)14-17-7-4-5-11-22-17;7-3(8)1-6(13,5(11)12)2-4(9)10/h4-5,7,9-11,18H,6,8,12-15H2,1-3H3;13H,1-2H2,(H,7,8)(H,9,10)(H,11,12). The van der Waals surface area contributed by atoms with Crippen LogP contribution in [0.25, 0.3) is 0 Å². The molecule has 220 valence electrons. The van der Waals surface area contributed by atoms with E-state index in [1.54, 1.807) is 21.3 Å². The normalized spacial score (nSPS) is 14.7. The van der Waals surface area contributed by atoms with Gasteiger partial charge in [-0.1, -0.05) is 12.1 Å². The SMILES string of the molecule is COc1ccc(CN(Cc2ccccn2)CC2CCCO2)c(OC)c1OC.O=C(O)CC(O)(CC(=O)O)C(=O)O. The fraction of sp³-hybridized carbons (Fsp3) is 0.481. The van der Waals surface area contributed by atoms with Gasteiger partial charge in [0.1, 0.15) is 0 Å². The second-order valence-corrected chi connectivity index (χ2v) is 9.10. The van der Waals surface area contributed by atoms with Crippen molar-refractivity contribution in [3.8, 4) is 17.2 Å². The van der Waals surface area contributed by atoms with Gasteiger partial charge in [-0.25, -0.2) is 4.79 Å². The molecule has 0 spiro atoms. The number of methoxy groups -OCH3 is 3. The predicted molar refractivity (Wildman–Crippen MR) is 141 cm³/mol. The molecule has 0 radical (unpaired) electrons. The van der Waals surface area contributed by atoms with Crippen molar-refractivity contribution in [2.75, 3.05) is 34.5 Å². The third-order valence-corrected chi connectivity index (χ3v) is 6.06. The van der Waals surface area contributed by atoms with Gasteiger partial charge in [0, 0.05) is 38.0 Å². The van der Waals surface area contributed by atoms with Crippen molar-refractivity contribution < 1.29 is 53.8 Å². The molecule has 1 aromatic carbocycles. The first-order valence-corrected chi connectivity index (χ1v) is 12.4. The quantitative estimate of drug-likeness (QED) is 0.261. The van der Waals surface area contributed by atoms with Gasteiger partial charge >= 0.3 is 17.9 Å². The first-order chi connectivity index (χ1) is 19.0. The Bertz CT molecular complexity index is 1100. The summed E-state index contributed by atoms with van der Waals surface area (Å²) in [5.41, 5.74) is -0.656. The molecule has 1 unspecified atom stereocenters. The van der Waals surface area contributed by atoms with Crippen molar-refractivity contribution in [3.63, 3.8) is 0 Å². The van der Waals surface area contributed by atoms with Crippen molar-refractivity contribution in [3.05, 3.63) is 47.8 Å². The van der Waals surface area contributed by atoms with Gasteiger partial charge in [-0.15, -0.1) is 0 Å². The molecule has 0 saturated carbocycles. The van der Waals surface area contributed by atoms with E-state index in [4.69, 9.17) is 39.4 Å². The largest absolute Gasteiger partial charge is 0.493 e. The van der Waals surface area contributed by atoms with Crippen LogP contribution in [0.3, 0.4) is 0 Å². The van der Waals surface area contributed by atoms with E-state index in [9.17, 15) is 14.4 Å². The molecule has 3 rings (SSSR count). The number of rotatable bonds is 14. The monoisotopic (exact) mass is 564 g/mol. The molecule has 40 heavy (non-hydrogen) atoms. The van der Waals surface area contributed by atoms with Crippen LogP contribution in [0.5, 0.6) is 17.2 Å². The maximum absolute atomic E-state index is 10.3. The third-order valence-electron chi connectivity index (χ3n) is 6.06. The zero-order chi connectivity index (χ0) is 29.7. The Morgan fingerprint density at radius 1 is 0.975 bits per heavy atom. The number of pyridine rings is 1. The molecule has 1 aliphatic heterocycles. The third kappa shape index (κ3) is 9.67. The highest BCUT2D eigenvalue weighted by Crippen LogP contribution is 2.40. The van der Waals surface area contributed by atoms with Crippen LogP contribution in [0.1, 0.15) is 36.9 Å². The zero-order valence-corrected chi connectivity index (χ0v) is 22.7. The summed E-state index contributed by atoms with van der Waals surface area (Å²) >= 11 is 0. The minimum Gasteiger partial charge on any atom is -0.493 e. The molecule has 0 aliphatic carbocycles. The zero-order valence-electron chi connectivity index (χ0n) is 22.7. The van der Waals surface area contributed by atoms with Crippen LogP contribution in [-0.2, 0) is 32.2 Å². The highest BCUT2D eigenvalue weighted by Gasteiger charge is 2.40. The predicted octanol–water partition coefficient (Wildman–Crippen LogP) is 2.04. The minimum absolute atomic E-state index is 0.264. The smallest absolute Gasteiger partial charge is 0.336 e. The summed E-state index contributed by atoms with van der Waals surface area (Å²) in [5.74, 6) is -3.04. The number of carbonyl (C=O) groups is 3. The van der Waals surface area contributed by atoms with Crippen LogP contribution >= 0.6 is 0 Å². The maximum Gasteiger partial charge on any atom is 0.336 e. The van der Waals surface area contributed by atoms with Gasteiger partial charge < -0.3 is 39.4 Å². The van der Waals surface area contributed by atoms with Crippen LogP contribution in [0.4, 0.5) is 0 Å². The number of carboxylic acids is 3. The van der Waals surface area contributed by atoms with Crippen molar-refractivity contribution in [1.29, 1.82) is 0 Å². The van der Waals surface area contributed by atoms with Crippen molar-refractivity contribution >= 4 is 17.9 Å². The maximum atomic E-state index is 10.3. The fourth-order valence-corrected chi connectivity index (χ4v) is 4.22. The molecule has 2 heterocycles. The van der Waals surface area contributed by atoms with Crippen molar-refractivity contribution in [2.24, 2.45) is 0 Å². The summed E-state index contributed by atoms with van der Waals surface area (Å²) < 4.78 is 22.4. The number of nitrogens with zero attached hydrogens (tertiary/aromatic N) is 2. The van der Waals surface area contributed by atoms with Gasteiger partial charge in [-0.05, 0) is 31.0 Å². The summed E-state index contributed by atoms with van der Waals surface area (Å²) in [7, 11) is 4.91. The Kier molecular flexibility index (Phi) is 12.6. The second-order valence-electron chi connectivity index (χ2n) is 9.10. The molecule has 1 atom stereocenters. The van der Waals surface area contributed by atoms with Crippen molar-refractivity contribution in [1.82, 2.24) is 9.88 Å². The molecule has 2 aromatic rings. The van der Waals surface area contributed by atoms with E-state index in [2.05, 4.69) is 9.88 Å². The van der Waals surface area contributed by atoms with Gasteiger partial charge in [0.05, 0.1) is 46.0 Å². The van der Waals surface area contributed by atoms with Gasteiger partial charge in [0.2, 0.25) is 5.75 Å². The molecule has 1 saturated heterocycles. The second kappa shape index (κ2) is 15.6. The summed E-state index contributed by atoms with van der Waals surface area (Å²) in [6.45, 7) is 3.16. The van der Waals surface area contributed by atoms with Gasteiger partial charge in [0.25, 0.3) is 0 Å². The lowest BCUT2D eigenvalue weighted by atomic mass is 9.96. The molecule has 1 aliphatic rings. The van der Waals surface area contributed by atoms with Crippen LogP contribution in [0, 0.1) is 0 Å². The highest BCUT2D eigenvalue weighted by atomic mass is 16.5. The summed E-state index contributed by atoms with van der Waals surface area (Å²) in [6.07, 6.45) is 2.03. The molecular weight excluding hydrogens is 528 g/mol. The summed E-state index contributed by atoms with van der Waals surface area (Å²) in [5, 5.41) is 33.8. The van der Waals surface area contributed by atoms with E-state index in [0.29, 0.717) is 23.8 Å². The molecule has 13 heteroatoms. The van der Waals surface area contributed by atoms with Gasteiger partial charge in [-0.2, -0.15) is 0 Å². The Hall–Kier alpha value is -3.94. The number of ether oxygens (including phenoxy) is 4. The number of aromatic nitrogens is 1. The van der Waals surface area contributed by atoms with Crippen LogP contribution in [0.2, 0.25) is 0 Å². The van der Waals surface area contributed by atoms with E-state index in [-0.39, 0.29) is 6.10 Å². The lowest BCUT2D eigenvalue weighted by Gasteiger charge is -2.26. The average Bonchev–Trinajstić information content (AvgIpc) is 3.41. The van der Waals surface area contributed by atoms with E-state index in [1.165, 1.54) is 0 Å². The minimum atomic E-state index is -2.74. The Morgan fingerprint density at radius 2 is 1.65 bits per heavy atom. The van der Waals surface area contributed by atoms with Gasteiger partial charge in [-0.3, -0.25) is 19.5 Å². The molecule has 0 amide bonds. The first kappa shape index (κ1) is 32.3. The highest BCUT2D eigenvalue weighted by molar-refractivity contribution is 5.88. The van der Waals surface area contributed by atoms with E-state index >= 15 is 0 Å². The molecule has 4 N–H and O–H groups in total. The average molecular weight is 565 g/mol. The van der Waals surface area contributed by atoms with E-state index in [1.807, 2.05) is 36.5 Å². The van der Waals surface area contributed by atoms with Crippen LogP contribution in [-0.4, -0.2) is 94.4 Å². The number of aliphatic carboxylic acids is 3. The van der Waals surface area contributed by atoms with Crippen molar-refractivity contribution in [2.45, 2.75) is 50.5 Å². The molecule has 13 nitrogen and oxygen atoms in total. The Morgan fingerprint density at radius 3 is 2.12 bits per heavy atom. The fourth-order valence-electron chi connectivity index (χ4n) is 4.22. The summed E-state index contributed by atoms with van der Waals surface area (Å²) in [6, 6.07) is 9.95. The molecular formula is C27H36N2O11. The number of carboxylic acid groups (broad SMARTS) is 3. The molecule has 1 fully saturated rings. The van der Waals surface area contributed by atoms with E-state index < -0.39 is 36.4 Å². The van der Waals surface area contributed by atoms with Crippen LogP contribution < -0.4 is 14.2 Å². The lowest BCUT2D eigenvalue weighted by molar-refractivity contribution is -0.170.